The van der Waals surface area contributed by atoms with Gasteiger partial charge < -0.3 is 29.0 Å². The van der Waals surface area contributed by atoms with E-state index < -0.39 is 29.6 Å². The number of epoxide rings is 1. The highest BCUT2D eigenvalue weighted by Crippen LogP contribution is 2.47. The third-order valence-electron chi connectivity index (χ3n) is 7.97. The number of aliphatic hydroxyl groups is 1. The Labute approximate surface area is 230 Å². The van der Waals surface area contributed by atoms with E-state index >= 15 is 0 Å². The number of hydrogen-bond acceptors (Lipinski definition) is 7. The molecule has 0 spiro atoms. The summed E-state index contributed by atoms with van der Waals surface area (Å²) < 4.78 is 22.2. The summed E-state index contributed by atoms with van der Waals surface area (Å²) in [7, 11) is 4.74. The van der Waals surface area contributed by atoms with Crippen LogP contribution in [0, 0.1) is 5.92 Å². The minimum absolute atomic E-state index is 0.103. The Morgan fingerprint density at radius 2 is 2.05 bits per heavy atom. The number of cyclic esters (lactones) is 1. The van der Waals surface area contributed by atoms with E-state index in [0.717, 1.165) is 12.0 Å². The van der Waals surface area contributed by atoms with E-state index in [4.69, 9.17) is 30.5 Å². The van der Waals surface area contributed by atoms with E-state index in [-0.39, 0.29) is 30.8 Å². The Morgan fingerprint density at radius 3 is 2.66 bits per heavy atom. The van der Waals surface area contributed by atoms with Crippen LogP contribution in [0.2, 0.25) is 5.02 Å². The standard InChI is InChI=1S/C28H41ClN2O7/c1-9-16(2)12-19-13-20(24(29)21(14-19)36-8)31(6)23(32)10-11-27(5)25(38-27)17(3)22-15-28(34,18(4)35-7)30-26(33)37-22/h9,13-14,17-18,22,25,34H,10-12,15H2,1-8H3,(H,30,33)/b16-9+/t17-,18-,22+,25+,27+,28+/m1/s1. The third-order valence-corrected chi connectivity index (χ3v) is 8.35. The lowest BCUT2D eigenvalue weighted by Gasteiger charge is -2.41. The predicted molar refractivity (Wildman–Crippen MR) is 146 cm³/mol. The molecule has 2 fully saturated rings. The van der Waals surface area contributed by atoms with E-state index in [9.17, 15) is 14.7 Å². The number of benzene rings is 1. The SMILES string of the molecule is C/C=C(\C)Cc1cc(OC)c(Cl)c(N(C)C(=O)CC[C@]2(C)O[C@H]2[C@H](C)[C@@H]2C[C@](O)([C@@H](C)OC)NC(=O)O2)c1. The lowest BCUT2D eigenvalue weighted by molar-refractivity contribution is -0.151. The zero-order valence-electron chi connectivity index (χ0n) is 23.6. The molecule has 2 aliphatic heterocycles. The molecule has 6 atom stereocenters. The summed E-state index contributed by atoms with van der Waals surface area (Å²) in [6, 6.07) is 3.81. The first kappa shape index (κ1) is 30.2. The highest BCUT2D eigenvalue weighted by molar-refractivity contribution is 6.35. The number of anilines is 1. The molecule has 2 heterocycles. The van der Waals surface area contributed by atoms with Gasteiger partial charge in [-0.05, 0) is 58.2 Å². The van der Waals surface area contributed by atoms with Crippen molar-refractivity contribution in [1.82, 2.24) is 5.32 Å². The summed E-state index contributed by atoms with van der Waals surface area (Å²) in [5.41, 5.74) is 0.706. The number of nitrogens with zero attached hydrogens (tertiary/aromatic N) is 1. The van der Waals surface area contributed by atoms with E-state index in [1.54, 1.807) is 26.0 Å². The van der Waals surface area contributed by atoms with Crippen LogP contribution in [0.1, 0.15) is 59.4 Å². The molecule has 0 aliphatic carbocycles. The van der Waals surface area contributed by atoms with E-state index in [2.05, 4.69) is 5.32 Å². The topological polar surface area (TPSA) is 110 Å². The number of amides is 2. The van der Waals surface area contributed by atoms with Gasteiger partial charge in [0.25, 0.3) is 0 Å². The largest absolute Gasteiger partial charge is 0.495 e. The van der Waals surface area contributed by atoms with Crippen LogP contribution in [0.3, 0.4) is 0 Å². The Balaban J connectivity index is 1.65. The Bertz CT molecular complexity index is 1080. The zero-order valence-corrected chi connectivity index (χ0v) is 24.3. The summed E-state index contributed by atoms with van der Waals surface area (Å²) in [6.07, 6.45) is 1.56. The van der Waals surface area contributed by atoms with Crippen molar-refractivity contribution in [3.63, 3.8) is 0 Å². The third kappa shape index (κ3) is 6.45. The van der Waals surface area contributed by atoms with Gasteiger partial charge >= 0.3 is 6.09 Å². The van der Waals surface area contributed by atoms with Crippen molar-refractivity contribution in [2.24, 2.45) is 5.92 Å². The number of nitrogens with one attached hydrogen (secondary N) is 1. The molecule has 1 aromatic carbocycles. The van der Waals surface area contributed by atoms with Crippen LogP contribution in [-0.4, -0.2) is 68.0 Å². The maximum atomic E-state index is 13.2. The van der Waals surface area contributed by atoms with Crippen LogP contribution in [0.15, 0.2) is 23.8 Å². The minimum atomic E-state index is -1.53. The van der Waals surface area contributed by atoms with Crippen LogP contribution in [-0.2, 0) is 25.4 Å². The molecule has 2 amide bonds. The van der Waals surface area contributed by atoms with Crippen LogP contribution in [0.25, 0.3) is 0 Å². The first-order valence-corrected chi connectivity index (χ1v) is 13.3. The maximum Gasteiger partial charge on any atom is 0.409 e. The van der Waals surface area contributed by atoms with Gasteiger partial charge in [-0.3, -0.25) is 10.1 Å². The van der Waals surface area contributed by atoms with Crippen LogP contribution in [0.4, 0.5) is 10.5 Å². The number of rotatable bonds is 11. The monoisotopic (exact) mass is 552 g/mol. The van der Waals surface area contributed by atoms with Gasteiger partial charge in [0.05, 0.1) is 24.5 Å². The number of halogens is 1. The Morgan fingerprint density at radius 1 is 1.37 bits per heavy atom. The van der Waals surface area contributed by atoms with Crippen molar-refractivity contribution >= 4 is 29.3 Å². The molecule has 0 bridgehead atoms. The van der Waals surface area contributed by atoms with E-state index in [0.29, 0.717) is 22.9 Å². The first-order chi connectivity index (χ1) is 17.8. The number of ether oxygens (including phenoxy) is 4. The fourth-order valence-electron chi connectivity index (χ4n) is 5.03. The molecule has 10 heteroatoms. The van der Waals surface area contributed by atoms with Gasteiger partial charge in [-0.1, -0.05) is 30.2 Å². The lowest BCUT2D eigenvalue weighted by atomic mass is 9.85. The van der Waals surface area contributed by atoms with Gasteiger partial charge in [-0.15, -0.1) is 0 Å². The molecule has 2 saturated heterocycles. The zero-order chi connectivity index (χ0) is 28.4. The Hall–Kier alpha value is -2.33. The quantitative estimate of drug-likeness (QED) is 0.304. The van der Waals surface area contributed by atoms with Crippen molar-refractivity contribution in [2.75, 3.05) is 26.2 Å². The van der Waals surface area contributed by atoms with Crippen LogP contribution in [0.5, 0.6) is 5.75 Å². The van der Waals surface area contributed by atoms with Crippen molar-refractivity contribution in [1.29, 1.82) is 0 Å². The molecule has 38 heavy (non-hydrogen) atoms. The molecule has 0 aromatic heterocycles. The van der Waals surface area contributed by atoms with Gasteiger partial charge in [0.2, 0.25) is 5.91 Å². The molecular weight excluding hydrogens is 512 g/mol. The molecular formula is C28H41ClN2O7. The number of methoxy groups -OCH3 is 2. The molecule has 2 N–H and O–H groups in total. The second-order valence-electron chi connectivity index (χ2n) is 10.7. The summed E-state index contributed by atoms with van der Waals surface area (Å²) in [4.78, 5) is 26.9. The van der Waals surface area contributed by atoms with Crippen molar-refractivity contribution in [3.8, 4) is 5.75 Å². The summed E-state index contributed by atoms with van der Waals surface area (Å²) in [6.45, 7) is 9.60. The molecule has 2 aliphatic rings. The van der Waals surface area contributed by atoms with Crippen LogP contribution < -0.4 is 15.0 Å². The molecule has 0 saturated carbocycles. The molecule has 3 rings (SSSR count). The molecule has 0 radical (unpaired) electrons. The molecule has 9 nitrogen and oxygen atoms in total. The number of carbonyl (C=O) groups is 2. The van der Waals surface area contributed by atoms with Gasteiger partial charge in [-0.2, -0.15) is 0 Å². The predicted octanol–water partition coefficient (Wildman–Crippen LogP) is 4.62. The number of allylic oxidation sites excluding steroid dienone is 2. The average molecular weight is 553 g/mol. The van der Waals surface area contributed by atoms with Crippen LogP contribution >= 0.6 is 11.6 Å². The fourth-order valence-corrected chi connectivity index (χ4v) is 5.34. The highest BCUT2D eigenvalue weighted by Gasteiger charge is 2.58. The number of hydrogen-bond donors (Lipinski definition) is 2. The summed E-state index contributed by atoms with van der Waals surface area (Å²) in [5.74, 6) is 0.224. The average Bonchev–Trinajstić information content (AvgIpc) is 3.57. The normalized spacial score (nSPS) is 28.7. The van der Waals surface area contributed by atoms with Gasteiger partial charge in [-0.25, -0.2) is 4.79 Å². The first-order valence-electron chi connectivity index (χ1n) is 12.9. The van der Waals surface area contributed by atoms with Gasteiger partial charge in [0, 0.05) is 32.9 Å². The molecule has 212 valence electrons. The summed E-state index contributed by atoms with van der Waals surface area (Å²) in [5, 5.41) is 13.7. The number of carbonyl (C=O) groups excluding carboxylic acids is 2. The van der Waals surface area contributed by atoms with Gasteiger partial charge in [0.1, 0.15) is 23.0 Å². The molecule has 0 unspecified atom stereocenters. The van der Waals surface area contributed by atoms with E-state index in [1.165, 1.54) is 12.7 Å². The van der Waals surface area contributed by atoms with E-state index in [1.807, 2.05) is 45.9 Å². The van der Waals surface area contributed by atoms with Crippen molar-refractivity contribution < 1.29 is 33.6 Å². The fraction of sp³-hybridized carbons (Fsp3) is 0.643. The second kappa shape index (κ2) is 11.8. The minimum Gasteiger partial charge on any atom is -0.495 e. The summed E-state index contributed by atoms with van der Waals surface area (Å²) >= 11 is 6.58. The lowest BCUT2D eigenvalue weighted by Crippen LogP contribution is -2.63. The Kier molecular flexibility index (Phi) is 9.40. The molecule has 1 aromatic rings. The maximum absolute atomic E-state index is 13.2. The van der Waals surface area contributed by atoms with Crippen molar-refractivity contribution in [3.05, 3.63) is 34.4 Å². The smallest absolute Gasteiger partial charge is 0.409 e. The second-order valence-corrected chi connectivity index (χ2v) is 11.1. The highest BCUT2D eigenvalue weighted by atomic mass is 35.5. The van der Waals surface area contributed by atoms with Gasteiger partial charge in [0.15, 0.2) is 5.72 Å². The number of alkyl carbamates (subject to hydrolysis) is 1. The van der Waals surface area contributed by atoms with Crippen molar-refractivity contribution in [2.45, 2.75) is 89.9 Å².